The number of nitro benzene ring substituents is 1. The zero-order valence-electron chi connectivity index (χ0n) is 11.9. The summed E-state index contributed by atoms with van der Waals surface area (Å²) in [6.07, 6.45) is 2.08. The summed E-state index contributed by atoms with van der Waals surface area (Å²) in [5.41, 5.74) is 1.92. The van der Waals surface area contributed by atoms with E-state index in [0.29, 0.717) is 29.3 Å². The Morgan fingerprint density at radius 1 is 1.38 bits per heavy atom. The van der Waals surface area contributed by atoms with Crippen molar-refractivity contribution in [1.29, 1.82) is 0 Å². The molecule has 0 saturated carbocycles. The molecule has 21 heavy (non-hydrogen) atoms. The van der Waals surface area contributed by atoms with Crippen LogP contribution in [-0.4, -0.2) is 21.0 Å². The van der Waals surface area contributed by atoms with E-state index in [0.717, 1.165) is 12.1 Å². The number of pyridine rings is 1. The van der Waals surface area contributed by atoms with Gasteiger partial charge in [-0.3, -0.25) is 15.1 Å². The van der Waals surface area contributed by atoms with Crippen LogP contribution in [-0.2, 0) is 12.8 Å². The molecule has 0 unspecified atom stereocenters. The molecular weight excluding hydrogens is 272 g/mol. The van der Waals surface area contributed by atoms with Gasteiger partial charge in [-0.15, -0.1) is 0 Å². The maximum atomic E-state index is 11.6. The molecule has 0 fully saturated rings. The number of nitrogens with zero attached hydrogens (tertiary/aromatic N) is 2. The topological polar surface area (TPSA) is 93.3 Å². The van der Waals surface area contributed by atoms with Gasteiger partial charge in [0.1, 0.15) is 0 Å². The molecule has 110 valence electrons. The number of aryl methyl sites for hydroxylation is 1. The third-order valence-electron chi connectivity index (χ3n) is 3.42. The van der Waals surface area contributed by atoms with Crippen LogP contribution in [0.15, 0.2) is 18.2 Å². The van der Waals surface area contributed by atoms with Crippen molar-refractivity contribution < 1.29 is 14.8 Å². The van der Waals surface area contributed by atoms with Crippen molar-refractivity contribution in [2.75, 3.05) is 0 Å². The van der Waals surface area contributed by atoms with Crippen LogP contribution in [0.4, 0.5) is 5.69 Å². The number of hydrogen-bond donors (Lipinski definition) is 1. The van der Waals surface area contributed by atoms with E-state index in [1.54, 1.807) is 0 Å². The van der Waals surface area contributed by atoms with Gasteiger partial charge in [0.2, 0.25) is 0 Å². The Morgan fingerprint density at radius 3 is 2.62 bits per heavy atom. The number of carbonyl (C=O) groups is 1. The Hall–Kier alpha value is -2.50. The molecular formula is C15H16N2O4. The Bertz CT molecular complexity index is 725. The summed E-state index contributed by atoms with van der Waals surface area (Å²) in [5, 5.41) is 20.7. The van der Waals surface area contributed by atoms with Crippen molar-refractivity contribution >= 4 is 22.6 Å². The summed E-state index contributed by atoms with van der Waals surface area (Å²) in [7, 11) is 0. The number of non-ortho nitro benzene ring substituents is 1. The highest BCUT2D eigenvalue weighted by atomic mass is 16.6. The smallest absolute Gasteiger partial charge is 0.336 e. The number of nitro groups is 1. The zero-order chi connectivity index (χ0) is 15.6. The lowest BCUT2D eigenvalue weighted by Gasteiger charge is -2.13. The molecule has 0 spiro atoms. The molecule has 0 bridgehead atoms. The summed E-state index contributed by atoms with van der Waals surface area (Å²) in [5.74, 6) is -1.07. The van der Waals surface area contributed by atoms with Crippen LogP contribution >= 0.6 is 0 Å². The molecule has 1 aromatic carbocycles. The Morgan fingerprint density at radius 2 is 2.10 bits per heavy atom. The number of carboxylic acid groups (broad SMARTS) is 1. The van der Waals surface area contributed by atoms with Gasteiger partial charge >= 0.3 is 5.97 Å². The summed E-state index contributed by atoms with van der Waals surface area (Å²) in [6, 6.07) is 4.15. The van der Waals surface area contributed by atoms with Crippen LogP contribution in [0.25, 0.3) is 10.9 Å². The number of rotatable bonds is 5. The predicted octanol–water partition coefficient (Wildman–Crippen LogP) is 3.36. The van der Waals surface area contributed by atoms with E-state index in [1.165, 1.54) is 18.2 Å². The molecule has 0 aliphatic heterocycles. The van der Waals surface area contributed by atoms with Crippen LogP contribution in [0.3, 0.4) is 0 Å². The van der Waals surface area contributed by atoms with Crippen LogP contribution in [0.5, 0.6) is 0 Å². The van der Waals surface area contributed by atoms with E-state index in [4.69, 9.17) is 0 Å². The molecule has 2 rings (SSSR count). The first-order valence-corrected chi connectivity index (χ1v) is 6.82. The van der Waals surface area contributed by atoms with Gasteiger partial charge in [0.25, 0.3) is 5.69 Å². The second kappa shape index (κ2) is 5.87. The third-order valence-corrected chi connectivity index (χ3v) is 3.42. The molecule has 1 heterocycles. The van der Waals surface area contributed by atoms with Gasteiger partial charge in [0.15, 0.2) is 0 Å². The van der Waals surface area contributed by atoms with Crippen LogP contribution in [0.1, 0.15) is 41.9 Å². The lowest BCUT2D eigenvalue weighted by molar-refractivity contribution is -0.384. The van der Waals surface area contributed by atoms with Crippen molar-refractivity contribution in [2.45, 2.75) is 33.1 Å². The molecule has 2 aromatic rings. The summed E-state index contributed by atoms with van der Waals surface area (Å²) in [4.78, 5) is 26.5. The van der Waals surface area contributed by atoms with Crippen molar-refractivity contribution in [2.24, 2.45) is 0 Å². The molecule has 6 heteroatoms. The number of hydrogen-bond acceptors (Lipinski definition) is 4. The lowest BCUT2D eigenvalue weighted by atomic mass is 9.96. The Balaban J connectivity index is 2.86. The molecule has 0 radical (unpaired) electrons. The summed E-state index contributed by atoms with van der Waals surface area (Å²) < 4.78 is 0. The minimum atomic E-state index is -1.07. The van der Waals surface area contributed by atoms with Gasteiger partial charge < -0.3 is 5.11 Å². The molecule has 1 N–H and O–H groups in total. The van der Waals surface area contributed by atoms with E-state index in [2.05, 4.69) is 4.98 Å². The number of fused-ring (bicyclic) bond motifs is 1. The summed E-state index contributed by atoms with van der Waals surface area (Å²) >= 11 is 0. The lowest BCUT2D eigenvalue weighted by Crippen LogP contribution is -2.09. The van der Waals surface area contributed by atoms with Gasteiger partial charge in [-0.1, -0.05) is 20.3 Å². The molecule has 6 nitrogen and oxygen atoms in total. The SMILES string of the molecule is CCCc1nc2ccc([N+](=O)[O-])cc2c(C(=O)O)c1CC. The molecule has 0 aliphatic carbocycles. The van der Waals surface area contributed by atoms with Gasteiger partial charge in [-0.05, 0) is 24.5 Å². The van der Waals surface area contributed by atoms with E-state index >= 15 is 0 Å². The van der Waals surface area contributed by atoms with Crippen molar-refractivity contribution in [3.05, 3.63) is 45.1 Å². The van der Waals surface area contributed by atoms with E-state index in [-0.39, 0.29) is 11.3 Å². The average Bonchev–Trinajstić information content (AvgIpc) is 2.45. The van der Waals surface area contributed by atoms with E-state index in [9.17, 15) is 20.0 Å². The highest BCUT2D eigenvalue weighted by Gasteiger charge is 2.20. The standard InChI is InChI=1S/C15H16N2O4/c1-3-5-12-10(4-2)14(15(18)19)11-8-9(17(20)21)6-7-13(11)16-12/h6-8H,3-5H2,1-2H3,(H,18,19). The fourth-order valence-corrected chi connectivity index (χ4v) is 2.52. The largest absolute Gasteiger partial charge is 0.478 e. The molecule has 0 amide bonds. The molecule has 0 aliphatic rings. The number of aromatic carboxylic acids is 1. The average molecular weight is 288 g/mol. The number of aromatic nitrogens is 1. The minimum absolute atomic E-state index is 0.128. The highest BCUT2D eigenvalue weighted by Crippen LogP contribution is 2.28. The Kier molecular flexibility index (Phi) is 4.16. The maximum Gasteiger partial charge on any atom is 0.336 e. The van der Waals surface area contributed by atoms with E-state index in [1.807, 2.05) is 13.8 Å². The monoisotopic (exact) mass is 288 g/mol. The number of benzene rings is 1. The van der Waals surface area contributed by atoms with Crippen molar-refractivity contribution in [3.8, 4) is 0 Å². The fraction of sp³-hybridized carbons (Fsp3) is 0.333. The first-order chi connectivity index (χ1) is 9.99. The molecule has 0 saturated heterocycles. The second-order valence-corrected chi connectivity index (χ2v) is 4.78. The second-order valence-electron chi connectivity index (χ2n) is 4.78. The zero-order valence-corrected chi connectivity index (χ0v) is 11.9. The highest BCUT2D eigenvalue weighted by molar-refractivity contribution is 6.04. The third kappa shape index (κ3) is 2.69. The van der Waals surface area contributed by atoms with Crippen molar-refractivity contribution in [3.63, 3.8) is 0 Å². The van der Waals surface area contributed by atoms with Crippen LogP contribution in [0.2, 0.25) is 0 Å². The molecule has 1 aromatic heterocycles. The van der Waals surface area contributed by atoms with Gasteiger partial charge in [0, 0.05) is 23.2 Å². The van der Waals surface area contributed by atoms with Gasteiger partial charge in [-0.25, -0.2) is 4.79 Å². The first-order valence-electron chi connectivity index (χ1n) is 6.82. The predicted molar refractivity (Wildman–Crippen MR) is 78.7 cm³/mol. The van der Waals surface area contributed by atoms with Crippen LogP contribution < -0.4 is 0 Å². The number of carboxylic acids is 1. The van der Waals surface area contributed by atoms with Gasteiger partial charge in [-0.2, -0.15) is 0 Å². The van der Waals surface area contributed by atoms with Crippen molar-refractivity contribution in [1.82, 2.24) is 4.98 Å². The minimum Gasteiger partial charge on any atom is -0.478 e. The molecule has 0 atom stereocenters. The summed E-state index contributed by atoms with van der Waals surface area (Å²) in [6.45, 7) is 3.87. The Labute approximate surface area is 121 Å². The van der Waals surface area contributed by atoms with E-state index < -0.39 is 10.9 Å². The van der Waals surface area contributed by atoms with Gasteiger partial charge in [0.05, 0.1) is 16.0 Å². The van der Waals surface area contributed by atoms with Crippen LogP contribution in [0, 0.1) is 10.1 Å². The first kappa shape index (κ1) is 14.9. The maximum absolute atomic E-state index is 11.6. The normalized spacial score (nSPS) is 10.8. The quantitative estimate of drug-likeness (QED) is 0.672. The fourth-order valence-electron chi connectivity index (χ4n) is 2.52.